The lowest BCUT2D eigenvalue weighted by atomic mass is 10.2. The molecule has 0 bridgehead atoms. The van der Waals surface area contributed by atoms with Crippen molar-refractivity contribution >= 4 is 29.0 Å². The summed E-state index contributed by atoms with van der Waals surface area (Å²) in [6.07, 6.45) is 1.36. The maximum absolute atomic E-state index is 12.1. The van der Waals surface area contributed by atoms with Gasteiger partial charge in [-0.3, -0.25) is 9.78 Å². The van der Waals surface area contributed by atoms with Crippen molar-refractivity contribution in [3.63, 3.8) is 0 Å². The van der Waals surface area contributed by atoms with Crippen molar-refractivity contribution in [1.82, 2.24) is 4.98 Å². The van der Waals surface area contributed by atoms with E-state index in [-0.39, 0.29) is 17.4 Å². The molecule has 1 aromatic heterocycles. The van der Waals surface area contributed by atoms with Crippen LogP contribution >= 0.6 is 11.6 Å². The van der Waals surface area contributed by atoms with Gasteiger partial charge in [0.2, 0.25) is 0 Å². The molecule has 1 heterocycles. The molecule has 21 heavy (non-hydrogen) atoms. The third-order valence-electron chi connectivity index (χ3n) is 2.85. The standard InChI is InChI=1S/C14H13ClN4O2/c1-8-2-4-10(15)6-12(8)18-14(20)11-5-3-9(7-17-11)13(16)19-21/h2-7,21H,1H3,(H2,16,19)(H,18,20). The van der Waals surface area contributed by atoms with E-state index in [4.69, 9.17) is 22.5 Å². The summed E-state index contributed by atoms with van der Waals surface area (Å²) in [5.74, 6) is -0.438. The number of halogens is 1. The van der Waals surface area contributed by atoms with Crippen LogP contribution in [0, 0.1) is 6.92 Å². The van der Waals surface area contributed by atoms with Crippen LogP contribution in [0.15, 0.2) is 41.7 Å². The number of benzene rings is 1. The van der Waals surface area contributed by atoms with Crippen molar-refractivity contribution in [3.05, 3.63) is 58.4 Å². The highest BCUT2D eigenvalue weighted by Crippen LogP contribution is 2.20. The number of carbonyl (C=O) groups is 1. The van der Waals surface area contributed by atoms with E-state index in [1.54, 1.807) is 18.2 Å². The van der Waals surface area contributed by atoms with Crippen LogP contribution in [0.3, 0.4) is 0 Å². The summed E-state index contributed by atoms with van der Waals surface area (Å²) in [5.41, 5.74) is 7.57. The first kappa shape index (κ1) is 14.8. The highest BCUT2D eigenvalue weighted by molar-refractivity contribution is 6.31. The predicted octanol–water partition coefficient (Wildman–Crippen LogP) is 2.39. The molecular formula is C14H13ClN4O2. The molecule has 1 aromatic carbocycles. The molecule has 6 nitrogen and oxygen atoms in total. The number of hydrogen-bond acceptors (Lipinski definition) is 4. The summed E-state index contributed by atoms with van der Waals surface area (Å²) in [5, 5.41) is 14.7. The molecule has 0 atom stereocenters. The van der Waals surface area contributed by atoms with Gasteiger partial charge in [0.25, 0.3) is 5.91 Å². The van der Waals surface area contributed by atoms with Crippen LogP contribution in [0.2, 0.25) is 5.02 Å². The van der Waals surface area contributed by atoms with Gasteiger partial charge in [-0.05, 0) is 36.8 Å². The van der Waals surface area contributed by atoms with Gasteiger partial charge >= 0.3 is 0 Å². The first-order chi connectivity index (χ1) is 10.0. The molecule has 4 N–H and O–H groups in total. The number of hydrogen-bond donors (Lipinski definition) is 3. The predicted molar refractivity (Wildman–Crippen MR) is 80.9 cm³/mol. The second-order valence-electron chi connectivity index (χ2n) is 4.33. The van der Waals surface area contributed by atoms with Crippen LogP contribution in [0.4, 0.5) is 5.69 Å². The van der Waals surface area contributed by atoms with Gasteiger partial charge < -0.3 is 16.3 Å². The number of aromatic nitrogens is 1. The SMILES string of the molecule is Cc1ccc(Cl)cc1NC(=O)c1ccc(C(N)=NO)cn1. The molecule has 0 aliphatic rings. The molecule has 0 fully saturated rings. The Labute approximate surface area is 126 Å². The number of rotatable bonds is 3. The van der Waals surface area contributed by atoms with Gasteiger partial charge in [0.15, 0.2) is 5.84 Å². The summed E-state index contributed by atoms with van der Waals surface area (Å²) in [6, 6.07) is 8.26. The lowest BCUT2D eigenvalue weighted by Crippen LogP contribution is -2.17. The van der Waals surface area contributed by atoms with Crippen LogP contribution in [-0.2, 0) is 0 Å². The van der Waals surface area contributed by atoms with Gasteiger partial charge in [-0.25, -0.2) is 0 Å². The number of aryl methyl sites for hydroxylation is 1. The van der Waals surface area contributed by atoms with Crippen LogP contribution in [0.5, 0.6) is 0 Å². The summed E-state index contributed by atoms with van der Waals surface area (Å²) in [4.78, 5) is 16.1. The van der Waals surface area contributed by atoms with E-state index < -0.39 is 0 Å². The second-order valence-corrected chi connectivity index (χ2v) is 4.77. The summed E-state index contributed by atoms with van der Waals surface area (Å²) >= 11 is 5.90. The molecule has 2 rings (SSSR count). The minimum absolute atomic E-state index is 0.0693. The zero-order chi connectivity index (χ0) is 15.4. The van der Waals surface area contributed by atoms with E-state index >= 15 is 0 Å². The fourth-order valence-corrected chi connectivity index (χ4v) is 1.82. The largest absolute Gasteiger partial charge is 0.409 e. The topological polar surface area (TPSA) is 101 Å². The minimum atomic E-state index is -0.369. The Kier molecular flexibility index (Phi) is 4.39. The zero-order valence-corrected chi connectivity index (χ0v) is 11.9. The van der Waals surface area contributed by atoms with Crippen molar-refractivity contribution in [2.45, 2.75) is 6.92 Å². The lowest BCUT2D eigenvalue weighted by Gasteiger charge is -2.08. The fraction of sp³-hybridized carbons (Fsp3) is 0.0714. The second kappa shape index (κ2) is 6.23. The van der Waals surface area contributed by atoms with Gasteiger partial charge in [-0.2, -0.15) is 0 Å². The lowest BCUT2D eigenvalue weighted by molar-refractivity contribution is 0.102. The summed E-state index contributed by atoms with van der Waals surface area (Å²) in [6.45, 7) is 1.86. The molecule has 0 spiro atoms. The molecule has 0 saturated heterocycles. The molecule has 0 saturated carbocycles. The molecule has 0 unspecified atom stereocenters. The Morgan fingerprint density at radius 1 is 1.38 bits per heavy atom. The normalized spacial score (nSPS) is 11.2. The van der Waals surface area contributed by atoms with E-state index in [1.807, 2.05) is 13.0 Å². The number of oxime groups is 1. The number of nitrogens with one attached hydrogen (secondary N) is 1. The molecule has 0 radical (unpaired) electrons. The van der Waals surface area contributed by atoms with Crippen molar-refractivity contribution in [1.29, 1.82) is 0 Å². The van der Waals surface area contributed by atoms with Crippen molar-refractivity contribution in [2.75, 3.05) is 5.32 Å². The molecule has 2 aromatic rings. The molecule has 0 aliphatic heterocycles. The molecule has 0 aliphatic carbocycles. The Hall–Kier alpha value is -2.60. The first-order valence-corrected chi connectivity index (χ1v) is 6.40. The van der Waals surface area contributed by atoms with Gasteiger partial charge in [-0.1, -0.05) is 22.8 Å². The monoisotopic (exact) mass is 304 g/mol. The highest BCUT2D eigenvalue weighted by Gasteiger charge is 2.10. The number of anilines is 1. The fourth-order valence-electron chi connectivity index (χ4n) is 1.65. The van der Waals surface area contributed by atoms with Crippen LogP contribution in [-0.4, -0.2) is 21.9 Å². The average Bonchev–Trinajstić information content (AvgIpc) is 2.50. The van der Waals surface area contributed by atoms with Gasteiger partial charge in [0, 0.05) is 22.5 Å². The minimum Gasteiger partial charge on any atom is -0.409 e. The number of amidine groups is 1. The van der Waals surface area contributed by atoms with Crippen LogP contribution < -0.4 is 11.1 Å². The van der Waals surface area contributed by atoms with E-state index in [0.29, 0.717) is 16.3 Å². The van der Waals surface area contributed by atoms with E-state index in [2.05, 4.69) is 15.5 Å². The molecule has 108 valence electrons. The molecule has 7 heteroatoms. The smallest absolute Gasteiger partial charge is 0.274 e. The highest BCUT2D eigenvalue weighted by atomic mass is 35.5. The molecular weight excluding hydrogens is 292 g/mol. The van der Waals surface area contributed by atoms with Crippen LogP contribution in [0.1, 0.15) is 21.6 Å². The zero-order valence-electron chi connectivity index (χ0n) is 11.2. The number of nitrogens with zero attached hydrogens (tertiary/aromatic N) is 2. The van der Waals surface area contributed by atoms with Crippen molar-refractivity contribution in [2.24, 2.45) is 10.9 Å². The van der Waals surface area contributed by atoms with E-state index in [1.165, 1.54) is 12.3 Å². The quantitative estimate of drug-likeness (QED) is 0.351. The Morgan fingerprint density at radius 3 is 2.76 bits per heavy atom. The Morgan fingerprint density at radius 2 is 2.14 bits per heavy atom. The summed E-state index contributed by atoms with van der Waals surface area (Å²) in [7, 11) is 0. The average molecular weight is 305 g/mol. The van der Waals surface area contributed by atoms with E-state index in [9.17, 15) is 4.79 Å². The third-order valence-corrected chi connectivity index (χ3v) is 3.08. The Bertz CT molecular complexity index is 699. The van der Waals surface area contributed by atoms with E-state index in [0.717, 1.165) is 5.56 Å². The number of carbonyl (C=O) groups excluding carboxylic acids is 1. The maximum atomic E-state index is 12.1. The molecule has 1 amide bonds. The summed E-state index contributed by atoms with van der Waals surface area (Å²) < 4.78 is 0. The number of nitrogens with two attached hydrogens (primary N) is 1. The van der Waals surface area contributed by atoms with Gasteiger partial charge in [0.1, 0.15) is 5.69 Å². The van der Waals surface area contributed by atoms with Gasteiger partial charge in [-0.15, -0.1) is 0 Å². The van der Waals surface area contributed by atoms with Crippen molar-refractivity contribution < 1.29 is 10.0 Å². The Balaban J connectivity index is 2.19. The van der Waals surface area contributed by atoms with Gasteiger partial charge in [0.05, 0.1) is 0 Å². The third kappa shape index (κ3) is 3.49. The maximum Gasteiger partial charge on any atom is 0.274 e. The number of pyridine rings is 1. The number of amides is 1. The first-order valence-electron chi connectivity index (χ1n) is 6.02. The van der Waals surface area contributed by atoms with Crippen LogP contribution in [0.25, 0.3) is 0 Å². The van der Waals surface area contributed by atoms with Crippen molar-refractivity contribution in [3.8, 4) is 0 Å².